The topological polar surface area (TPSA) is 248 Å². The van der Waals surface area contributed by atoms with Crippen molar-refractivity contribution in [2.24, 2.45) is 29.4 Å². The van der Waals surface area contributed by atoms with Crippen molar-refractivity contribution in [3.8, 4) is 34.0 Å². The van der Waals surface area contributed by atoms with E-state index in [1.54, 1.807) is 72.8 Å². The van der Waals surface area contributed by atoms with Gasteiger partial charge < -0.3 is 43.2 Å². The molecule has 6 aliphatic carbocycles. The van der Waals surface area contributed by atoms with E-state index in [1.807, 2.05) is 0 Å². The molecule has 0 saturated heterocycles. The molecule has 3 N–H and O–H groups in total. The molecular formula is C68H67ClF6N4O14S2. The second kappa shape index (κ2) is 27.5. The summed E-state index contributed by atoms with van der Waals surface area (Å²) in [6.45, 7) is 0.380. The molecule has 6 aromatic carbocycles. The van der Waals surface area contributed by atoms with E-state index in [-0.39, 0.29) is 99.3 Å². The lowest BCUT2D eigenvalue weighted by molar-refractivity contribution is -0.275. The molecular weight excluding hydrogens is 1310 g/mol. The molecule has 18 nitrogen and oxygen atoms in total. The predicted molar refractivity (Wildman–Crippen MR) is 335 cm³/mol. The Hall–Kier alpha value is -7.59. The normalized spacial score (nSPS) is 22.5. The van der Waals surface area contributed by atoms with Crippen LogP contribution in [-0.4, -0.2) is 90.3 Å². The van der Waals surface area contributed by atoms with Gasteiger partial charge in [0.15, 0.2) is 0 Å². The summed E-state index contributed by atoms with van der Waals surface area (Å²) in [5.41, 5.74) is 9.51. The molecule has 6 aliphatic rings. The molecule has 8 aromatic rings. The molecule has 0 spiro atoms. The largest absolute Gasteiger partial charge is 0.573 e. The molecule has 6 saturated carbocycles. The van der Waals surface area contributed by atoms with Crippen LogP contribution in [0.4, 0.5) is 26.3 Å². The molecule has 0 radical (unpaired) electrons. The molecule has 27 heteroatoms. The molecule has 14 rings (SSSR count). The summed E-state index contributed by atoms with van der Waals surface area (Å²) < 4.78 is 172. The SMILES string of the molecule is COC(=O)c1ccc2cc(S(=O)(=O)Cl)ccc2c1.COC(=O)c1ccc2cc(S(=O)(=O)NC3C4CCC3CC(OCc3c(-c5ccccc5OC(F)(F)F)noc3C3CC3)C4)ccc2c1.NC1C2CCC1CC(OCc1c(-c3ccccc3OC(F)(F)F)noc1C1CC1)C2. The number of benzene rings is 6. The van der Waals surface area contributed by atoms with Crippen molar-refractivity contribution in [1.82, 2.24) is 15.0 Å². The Balaban J connectivity index is 0.000000153. The fraction of sp³-hybridized carbons (Fsp3) is 0.412. The molecule has 504 valence electrons. The number of sulfonamides is 1. The van der Waals surface area contributed by atoms with E-state index in [2.05, 4.69) is 29.2 Å². The highest BCUT2D eigenvalue weighted by molar-refractivity contribution is 8.13. The number of fused-ring (bicyclic) bond motifs is 6. The summed E-state index contributed by atoms with van der Waals surface area (Å²) in [6, 6.07) is 31.0. The number of hydrogen-bond donors (Lipinski definition) is 2. The van der Waals surface area contributed by atoms with Crippen LogP contribution in [0, 0.1) is 23.7 Å². The van der Waals surface area contributed by atoms with Gasteiger partial charge in [-0.25, -0.2) is 31.1 Å². The van der Waals surface area contributed by atoms with E-state index in [0.717, 1.165) is 86.3 Å². The van der Waals surface area contributed by atoms with E-state index in [4.69, 9.17) is 39.7 Å². The monoisotopic (exact) mass is 1380 g/mol. The van der Waals surface area contributed by atoms with Crippen LogP contribution < -0.4 is 19.9 Å². The van der Waals surface area contributed by atoms with Gasteiger partial charge in [-0.2, -0.15) is 0 Å². The number of halogens is 7. The van der Waals surface area contributed by atoms with Crippen LogP contribution in [0.3, 0.4) is 0 Å². The van der Waals surface area contributed by atoms with Gasteiger partial charge in [-0.3, -0.25) is 0 Å². The maximum atomic E-state index is 13.5. The Morgan fingerprint density at radius 1 is 0.547 bits per heavy atom. The fourth-order valence-corrected chi connectivity index (χ4v) is 16.0. The quantitative estimate of drug-likeness (QED) is 0.0460. The summed E-state index contributed by atoms with van der Waals surface area (Å²) in [6.07, 6.45) is 1.29. The Bertz CT molecular complexity index is 4360. The first-order valence-corrected chi connectivity index (χ1v) is 35.0. The Morgan fingerprint density at radius 3 is 1.36 bits per heavy atom. The van der Waals surface area contributed by atoms with Crippen molar-refractivity contribution in [3.05, 3.63) is 155 Å². The predicted octanol–water partition coefficient (Wildman–Crippen LogP) is 14.8. The lowest BCUT2D eigenvalue weighted by Gasteiger charge is -2.35. The summed E-state index contributed by atoms with van der Waals surface area (Å²) in [7, 11) is 0.293. The minimum absolute atomic E-state index is 0.0301. The van der Waals surface area contributed by atoms with E-state index in [0.29, 0.717) is 63.6 Å². The number of aromatic nitrogens is 2. The Kier molecular flexibility index (Phi) is 19.5. The van der Waals surface area contributed by atoms with Gasteiger partial charge in [0, 0.05) is 56.9 Å². The van der Waals surface area contributed by atoms with Crippen molar-refractivity contribution in [1.29, 1.82) is 0 Å². The second-order valence-electron chi connectivity index (χ2n) is 25.0. The van der Waals surface area contributed by atoms with Crippen LogP contribution in [0.15, 0.2) is 140 Å². The molecule has 0 amide bonds. The first kappa shape index (κ1) is 67.4. The zero-order valence-electron chi connectivity index (χ0n) is 51.4. The Morgan fingerprint density at radius 2 is 0.937 bits per heavy atom. The van der Waals surface area contributed by atoms with Crippen LogP contribution >= 0.6 is 10.7 Å². The van der Waals surface area contributed by atoms with Crippen LogP contribution in [0.1, 0.15) is 132 Å². The third-order valence-corrected chi connectivity index (χ3v) is 21.5. The van der Waals surface area contributed by atoms with Crippen LogP contribution in [0.25, 0.3) is 44.1 Å². The van der Waals surface area contributed by atoms with Crippen molar-refractivity contribution in [3.63, 3.8) is 0 Å². The molecule has 0 aliphatic heterocycles. The fourth-order valence-electron chi connectivity index (χ4n) is 13.8. The average molecular weight is 1380 g/mol. The molecule has 6 fully saturated rings. The van der Waals surface area contributed by atoms with Gasteiger partial charge >= 0.3 is 24.7 Å². The molecule has 4 unspecified atom stereocenters. The number of para-hydroxylation sites is 2. The van der Waals surface area contributed by atoms with Gasteiger partial charge in [-0.1, -0.05) is 58.8 Å². The van der Waals surface area contributed by atoms with Crippen LogP contribution in [0.5, 0.6) is 11.5 Å². The molecule has 2 aromatic heterocycles. The highest BCUT2D eigenvalue weighted by atomic mass is 35.7. The standard InChI is InChI=1S/C34H33F3N2O7S.C22H25F3N2O3.C12H9ClO4S/c1-43-33(40)24-11-8-21-17-26(13-12-20(21)14-24)47(41,42)39-30-22-9-10-23(30)16-25(15-22)44-18-28-31(38-46-32(28)19-6-7-19)27-4-2-3-5-29(27)45-34(35,36)37;23-22(24,25)29-18-4-2-1-3-16(18)20-17(21(30-27-20)12-5-6-12)11-28-15-9-13-7-8-14(10-15)19(13)26;1-17-12(14)10-3-2-9-7-11(18(13,15)16)5-4-8(9)6-10/h2-5,8,11-14,17,19,22-23,25,30,39H,6-7,9-10,15-16,18H2,1H3;1-4,12-15,19H,5-11,26H2;2-7H,1H3. The maximum absolute atomic E-state index is 13.5. The summed E-state index contributed by atoms with van der Waals surface area (Å²) >= 11 is 0. The van der Waals surface area contributed by atoms with Crippen LogP contribution in [0.2, 0.25) is 0 Å². The Labute approximate surface area is 547 Å². The van der Waals surface area contributed by atoms with Gasteiger partial charge in [0.25, 0.3) is 9.05 Å². The van der Waals surface area contributed by atoms with Crippen LogP contribution in [-0.2, 0) is 51.2 Å². The summed E-state index contributed by atoms with van der Waals surface area (Å²) in [4.78, 5) is 23.4. The summed E-state index contributed by atoms with van der Waals surface area (Å²) in [5.74, 6) is 1.35. The van der Waals surface area contributed by atoms with Crippen molar-refractivity contribution >= 4 is 63.2 Å². The lowest BCUT2D eigenvalue weighted by Crippen LogP contribution is -2.46. The minimum Gasteiger partial charge on any atom is -0.465 e. The van der Waals surface area contributed by atoms with E-state index < -0.39 is 43.7 Å². The number of rotatable bonds is 18. The number of nitrogens with one attached hydrogen (secondary N) is 1. The average Bonchev–Trinajstić information content (AvgIpc) is 1.75. The van der Waals surface area contributed by atoms with E-state index in [9.17, 15) is 52.8 Å². The number of esters is 2. The smallest absolute Gasteiger partial charge is 0.465 e. The maximum Gasteiger partial charge on any atom is 0.573 e. The van der Waals surface area contributed by atoms with Crippen molar-refractivity contribution < 1.29 is 90.2 Å². The van der Waals surface area contributed by atoms with E-state index >= 15 is 0 Å². The molecule has 4 atom stereocenters. The first-order chi connectivity index (χ1) is 45.3. The minimum atomic E-state index is -4.86. The summed E-state index contributed by atoms with van der Waals surface area (Å²) in [5, 5.41) is 11.1. The third kappa shape index (κ3) is 15.8. The number of hydrogen-bond acceptors (Lipinski definition) is 17. The highest BCUT2D eigenvalue weighted by Crippen LogP contribution is 2.50. The lowest BCUT2D eigenvalue weighted by atomic mass is 9.83. The number of ether oxygens (including phenoxy) is 6. The van der Waals surface area contributed by atoms with Gasteiger partial charge in [-0.15, -0.1) is 26.3 Å². The van der Waals surface area contributed by atoms with Crippen molar-refractivity contribution in [2.45, 2.75) is 149 Å². The number of methoxy groups -OCH3 is 2. The molecule has 2 heterocycles. The molecule has 95 heavy (non-hydrogen) atoms. The van der Waals surface area contributed by atoms with Gasteiger partial charge in [-0.05, 0) is 195 Å². The highest BCUT2D eigenvalue weighted by Gasteiger charge is 2.46. The van der Waals surface area contributed by atoms with Crippen molar-refractivity contribution in [2.75, 3.05) is 14.2 Å². The zero-order chi connectivity index (χ0) is 67.1. The van der Waals surface area contributed by atoms with Gasteiger partial charge in [0.2, 0.25) is 10.0 Å². The first-order valence-electron chi connectivity index (χ1n) is 31.2. The third-order valence-electron chi connectivity index (χ3n) is 18.7. The second-order valence-corrected chi connectivity index (χ2v) is 29.3. The number of nitrogens with two attached hydrogens (primary N) is 1. The zero-order valence-corrected chi connectivity index (χ0v) is 53.8. The van der Waals surface area contributed by atoms with Gasteiger partial charge in [0.05, 0.1) is 60.6 Å². The molecule has 4 bridgehead atoms. The van der Waals surface area contributed by atoms with Gasteiger partial charge in [0.1, 0.15) is 34.4 Å². The number of alkyl halides is 6. The number of carbonyl (C=O) groups is 2. The number of nitrogens with zero attached hydrogens (tertiary/aromatic N) is 2. The van der Waals surface area contributed by atoms with E-state index in [1.165, 1.54) is 62.8 Å². The number of carbonyl (C=O) groups excluding carboxylic acids is 2.